The lowest BCUT2D eigenvalue weighted by atomic mass is 10.2. The van der Waals surface area contributed by atoms with Crippen LogP contribution in [0.5, 0.6) is 17.2 Å². The van der Waals surface area contributed by atoms with E-state index in [1.54, 1.807) is 14.2 Å². The van der Waals surface area contributed by atoms with Crippen molar-refractivity contribution in [3.8, 4) is 17.2 Å². The van der Waals surface area contributed by atoms with Crippen LogP contribution in [0.25, 0.3) is 0 Å². The summed E-state index contributed by atoms with van der Waals surface area (Å²) in [6.45, 7) is 6.78. The maximum absolute atomic E-state index is 5.82. The molecule has 0 amide bonds. The Bertz CT molecular complexity index is 333. The smallest absolute Gasteiger partial charge is 0.203 e. The summed E-state index contributed by atoms with van der Waals surface area (Å²) >= 11 is 0. The average molecular weight is 253 g/mol. The van der Waals surface area contributed by atoms with Gasteiger partial charge in [0.15, 0.2) is 11.5 Å². The highest BCUT2D eigenvalue weighted by Crippen LogP contribution is 2.36. The first-order chi connectivity index (χ1) is 8.72. The molecule has 0 saturated carbocycles. The molecule has 102 valence electrons. The first-order valence-corrected chi connectivity index (χ1v) is 6.27. The third kappa shape index (κ3) is 4.11. The molecule has 0 spiro atoms. The molecule has 0 fully saturated rings. The maximum atomic E-state index is 5.82. The number of nitrogens with one attached hydrogen (secondary N) is 1. The molecule has 1 rings (SSSR count). The van der Waals surface area contributed by atoms with Crippen LogP contribution in [0.2, 0.25) is 0 Å². The molecule has 1 unspecified atom stereocenters. The van der Waals surface area contributed by atoms with Gasteiger partial charge in [-0.05, 0) is 18.7 Å². The lowest BCUT2D eigenvalue weighted by Gasteiger charge is -2.17. The molecule has 4 heteroatoms. The molecular weight excluding hydrogens is 230 g/mol. The minimum atomic E-state index is 0.430. The van der Waals surface area contributed by atoms with Crippen LogP contribution in [-0.2, 0) is 0 Å². The lowest BCUT2D eigenvalue weighted by Crippen LogP contribution is -2.24. The summed E-state index contributed by atoms with van der Waals surface area (Å²) in [4.78, 5) is 0. The van der Waals surface area contributed by atoms with Gasteiger partial charge in [0.1, 0.15) is 0 Å². The van der Waals surface area contributed by atoms with Gasteiger partial charge in [-0.3, -0.25) is 0 Å². The van der Waals surface area contributed by atoms with E-state index in [1.807, 2.05) is 18.2 Å². The molecule has 0 aliphatic rings. The first kappa shape index (κ1) is 14.6. The first-order valence-electron chi connectivity index (χ1n) is 6.27. The molecule has 0 saturated heterocycles. The Labute approximate surface area is 109 Å². The van der Waals surface area contributed by atoms with Gasteiger partial charge in [0.25, 0.3) is 0 Å². The number of methoxy groups -OCH3 is 2. The van der Waals surface area contributed by atoms with Crippen molar-refractivity contribution in [3.63, 3.8) is 0 Å². The van der Waals surface area contributed by atoms with Crippen LogP contribution in [0.15, 0.2) is 18.2 Å². The largest absolute Gasteiger partial charge is 0.493 e. The van der Waals surface area contributed by atoms with Crippen LogP contribution >= 0.6 is 0 Å². The molecule has 1 N–H and O–H groups in total. The van der Waals surface area contributed by atoms with Crippen molar-refractivity contribution < 1.29 is 14.2 Å². The van der Waals surface area contributed by atoms with Gasteiger partial charge in [0.05, 0.1) is 20.8 Å². The van der Waals surface area contributed by atoms with E-state index in [9.17, 15) is 0 Å². The minimum absolute atomic E-state index is 0.430. The average Bonchev–Trinajstić information content (AvgIpc) is 2.42. The summed E-state index contributed by atoms with van der Waals surface area (Å²) in [6, 6.07) is 5.62. The van der Waals surface area contributed by atoms with E-state index in [2.05, 4.69) is 19.2 Å². The van der Waals surface area contributed by atoms with Gasteiger partial charge in [-0.15, -0.1) is 0 Å². The molecule has 1 aromatic carbocycles. The Morgan fingerprint density at radius 2 is 1.78 bits per heavy atom. The lowest BCUT2D eigenvalue weighted by molar-refractivity contribution is 0.233. The second-order valence-electron chi connectivity index (χ2n) is 4.22. The third-order valence-corrected chi connectivity index (χ3v) is 2.64. The minimum Gasteiger partial charge on any atom is -0.493 e. The molecule has 1 atom stereocenters. The van der Waals surface area contributed by atoms with Crippen LogP contribution in [0.4, 0.5) is 0 Å². The molecule has 1 aromatic rings. The summed E-state index contributed by atoms with van der Waals surface area (Å²) in [5.74, 6) is 2.50. The zero-order valence-electron chi connectivity index (χ0n) is 11.7. The zero-order chi connectivity index (χ0) is 13.4. The van der Waals surface area contributed by atoms with Gasteiger partial charge >= 0.3 is 0 Å². The van der Waals surface area contributed by atoms with E-state index in [1.165, 1.54) is 0 Å². The summed E-state index contributed by atoms with van der Waals surface area (Å²) in [5.41, 5.74) is 0. The highest BCUT2D eigenvalue weighted by Gasteiger charge is 2.12. The Balaban J connectivity index is 2.65. The molecule has 0 aromatic heterocycles. The fraction of sp³-hybridized carbons (Fsp3) is 0.571. The van der Waals surface area contributed by atoms with Crippen LogP contribution in [0.1, 0.15) is 13.8 Å². The van der Waals surface area contributed by atoms with Crippen LogP contribution < -0.4 is 19.5 Å². The standard InChI is InChI=1S/C14H23NO3/c1-5-15-9-11(2)10-18-14-12(16-3)7-6-8-13(14)17-4/h6-8,11,15H,5,9-10H2,1-4H3. The van der Waals surface area contributed by atoms with Gasteiger partial charge in [0, 0.05) is 12.5 Å². The monoisotopic (exact) mass is 253 g/mol. The fourth-order valence-electron chi connectivity index (χ4n) is 1.63. The van der Waals surface area contributed by atoms with Crippen LogP contribution in [-0.4, -0.2) is 33.9 Å². The van der Waals surface area contributed by atoms with E-state index in [-0.39, 0.29) is 0 Å². The number of rotatable bonds is 8. The number of para-hydroxylation sites is 1. The highest BCUT2D eigenvalue weighted by atomic mass is 16.5. The number of benzene rings is 1. The second kappa shape index (κ2) is 7.82. The molecule has 0 heterocycles. The van der Waals surface area contributed by atoms with Crippen molar-refractivity contribution in [3.05, 3.63) is 18.2 Å². The highest BCUT2D eigenvalue weighted by molar-refractivity contribution is 5.51. The van der Waals surface area contributed by atoms with Gasteiger partial charge in [-0.1, -0.05) is 19.9 Å². The quantitative estimate of drug-likeness (QED) is 0.772. The number of hydrogen-bond donors (Lipinski definition) is 1. The van der Waals surface area contributed by atoms with Crippen molar-refractivity contribution >= 4 is 0 Å². The van der Waals surface area contributed by atoms with Crippen molar-refractivity contribution in [2.75, 3.05) is 33.9 Å². The molecule has 18 heavy (non-hydrogen) atoms. The molecule has 0 aliphatic carbocycles. The molecule has 0 aliphatic heterocycles. The summed E-state index contributed by atoms with van der Waals surface area (Å²) in [7, 11) is 3.26. The van der Waals surface area contributed by atoms with E-state index in [0.717, 1.165) is 13.1 Å². The van der Waals surface area contributed by atoms with Gasteiger partial charge in [-0.25, -0.2) is 0 Å². The Morgan fingerprint density at radius 1 is 1.17 bits per heavy atom. The maximum Gasteiger partial charge on any atom is 0.203 e. The molecular formula is C14H23NO3. The topological polar surface area (TPSA) is 39.7 Å². The van der Waals surface area contributed by atoms with Crippen molar-refractivity contribution in [2.45, 2.75) is 13.8 Å². The van der Waals surface area contributed by atoms with E-state index >= 15 is 0 Å². The Kier molecular flexibility index (Phi) is 6.36. The third-order valence-electron chi connectivity index (χ3n) is 2.64. The fourth-order valence-corrected chi connectivity index (χ4v) is 1.63. The Hall–Kier alpha value is -1.42. The van der Waals surface area contributed by atoms with Gasteiger partial charge < -0.3 is 19.5 Å². The van der Waals surface area contributed by atoms with Crippen molar-refractivity contribution in [2.24, 2.45) is 5.92 Å². The van der Waals surface area contributed by atoms with Gasteiger partial charge in [0.2, 0.25) is 5.75 Å². The Morgan fingerprint density at radius 3 is 2.28 bits per heavy atom. The van der Waals surface area contributed by atoms with E-state index < -0.39 is 0 Å². The zero-order valence-corrected chi connectivity index (χ0v) is 11.7. The van der Waals surface area contributed by atoms with Crippen molar-refractivity contribution in [1.82, 2.24) is 5.32 Å². The summed E-state index contributed by atoms with van der Waals surface area (Å²) in [6.07, 6.45) is 0. The van der Waals surface area contributed by atoms with Crippen LogP contribution in [0, 0.1) is 5.92 Å². The van der Waals surface area contributed by atoms with Crippen LogP contribution in [0.3, 0.4) is 0 Å². The SMILES string of the molecule is CCNCC(C)COc1c(OC)cccc1OC. The number of hydrogen-bond acceptors (Lipinski definition) is 4. The van der Waals surface area contributed by atoms with Crippen molar-refractivity contribution in [1.29, 1.82) is 0 Å². The molecule has 0 radical (unpaired) electrons. The summed E-state index contributed by atoms with van der Waals surface area (Å²) in [5, 5.41) is 3.30. The molecule has 0 bridgehead atoms. The molecule has 4 nitrogen and oxygen atoms in total. The van der Waals surface area contributed by atoms with E-state index in [0.29, 0.717) is 29.8 Å². The second-order valence-corrected chi connectivity index (χ2v) is 4.22. The van der Waals surface area contributed by atoms with Gasteiger partial charge in [-0.2, -0.15) is 0 Å². The predicted octanol–water partition coefficient (Wildman–Crippen LogP) is 2.33. The predicted molar refractivity (Wildman–Crippen MR) is 72.7 cm³/mol. The van der Waals surface area contributed by atoms with E-state index in [4.69, 9.17) is 14.2 Å². The normalized spacial score (nSPS) is 12.0. The summed E-state index contributed by atoms with van der Waals surface area (Å²) < 4.78 is 16.4. The number of ether oxygens (including phenoxy) is 3.